The van der Waals surface area contributed by atoms with Gasteiger partial charge in [0.25, 0.3) is 5.91 Å². The number of anilines is 2. The van der Waals surface area contributed by atoms with E-state index in [1.807, 2.05) is 17.5 Å². The fraction of sp³-hybridized carbons (Fsp3) is 0.107. The lowest BCUT2D eigenvalue weighted by Gasteiger charge is -2.09. The smallest absolute Gasteiger partial charge is 0.336 e. The molecule has 0 aliphatic carbocycles. The van der Waals surface area contributed by atoms with Crippen LogP contribution in [0, 0.1) is 0 Å². The first kappa shape index (κ1) is 29.1. The van der Waals surface area contributed by atoms with Gasteiger partial charge < -0.3 is 30.3 Å². The van der Waals surface area contributed by atoms with Crippen molar-refractivity contribution in [3.05, 3.63) is 82.7 Å². The van der Waals surface area contributed by atoms with Crippen LogP contribution < -0.4 is 20.1 Å². The number of hydrogen-bond acceptors (Lipinski definition) is 9. The van der Waals surface area contributed by atoms with E-state index in [2.05, 4.69) is 15.6 Å². The second-order valence-electron chi connectivity index (χ2n) is 8.29. The number of benzene rings is 3. The molecule has 13 heteroatoms. The zero-order chi connectivity index (χ0) is 29.5. The summed E-state index contributed by atoms with van der Waals surface area (Å²) in [5.74, 6) is -2.36. The Hall–Kier alpha value is -4.88. The Balaban J connectivity index is 1.32. The van der Waals surface area contributed by atoms with Gasteiger partial charge in [-0.05, 0) is 60.7 Å². The Morgan fingerprint density at radius 2 is 1.59 bits per heavy atom. The summed E-state index contributed by atoms with van der Waals surface area (Å²) in [6.45, 7) is 0. The lowest BCUT2D eigenvalue weighted by atomic mass is 10.0. The van der Waals surface area contributed by atoms with Gasteiger partial charge >= 0.3 is 11.9 Å². The minimum absolute atomic E-state index is 0.120. The van der Waals surface area contributed by atoms with Gasteiger partial charge in [-0.2, -0.15) is 0 Å². The summed E-state index contributed by atoms with van der Waals surface area (Å²) in [5, 5.41) is 26.1. The number of carboxylic acids is 2. The summed E-state index contributed by atoms with van der Waals surface area (Å²) in [6, 6.07) is 15.3. The van der Waals surface area contributed by atoms with Crippen molar-refractivity contribution in [2.45, 2.75) is 4.90 Å². The van der Waals surface area contributed by atoms with Crippen LogP contribution >= 0.6 is 23.1 Å². The van der Waals surface area contributed by atoms with E-state index in [4.69, 9.17) is 14.6 Å². The molecule has 0 aliphatic heterocycles. The Morgan fingerprint density at radius 1 is 0.854 bits per heavy atom. The van der Waals surface area contributed by atoms with Crippen molar-refractivity contribution >= 4 is 57.7 Å². The lowest BCUT2D eigenvalue weighted by molar-refractivity contribution is -0.113. The molecule has 3 aromatic carbocycles. The van der Waals surface area contributed by atoms with Crippen LogP contribution in [0.1, 0.15) is 31.1 Å². The molecule has 2 amide bonds. The van der Waals surface area contributed by atoms with Crippen LogP contribution in [0.25, 0.3) is 11.3 Å². The highest BCUT2D eigenvalue weighted by molar-refractivity contribution is 8.00. The molecule has 4 rings (SSSR count). The molecule has 1 heterocycles. The second kappa shape index (κ2) is 13.0. The number of ether oxygens (including phenoxy) is 2. The maximum Gasteiger partial charge on any atom is 0.336 e. The predicted octanol–water partition coefficient (Wildman–Crippen LogP) is 5.21. The van der Waals surface area contributed by atoms with E-state index in [0.717, 1.165) is 28.7 Å². The van der Waals surface area contributed by atoms with E-state index in [-0.39, 0.29) is 22.8 Å². The van der Waals surface area contributed by atoms with Crippen molar-refractivity contribution in [3.8, 4) is 22.8 Å². The van der Waals surface area contributed by atoms with Crippen molar-refractivity contribution < 1.29 is 38.9 Å². The highest BCUT2D eigenvalue weighted by atomic mass is 32.2. The molecule has 0 saturated heterocycles. The monoisotopic (exact) mass is 593 g/mol. The van der Waals surface area contributed by atoms with E-state index in [0.29, 0.717) is 28.0 Å². The zero-order valence-electron chi connectivity index (χ0n) is 21.7. The van der Waals surface area contributed by atoms with Gasteiger partial charge in [-0.1, -0.05) is 0 Å². The van der Waals surface area contributed by atoms with Crippen molar-refractivity contribution in [1.82, 2.24) is 4.98 Å². The summed E-state index contributed by atoms with van der Waals surface area (Å²) >= 11 is 2.58. The van der Waals surface area contributed by atoms with Gasteiger partial charge in [0.2, 0.25) is 5.91 Å². The molecule has 1 aromatic heterocycles. The molecule has 0 saturated carbocycles. The molecule has 4 aromatic rings. The maximum atomic E-state index is 12.7. The third kappa shape index (κ3) is 7.21. The fourth-order valence-electron chi connectivity index (χ4n) is 3.65. The number of hydrogen-bond donors (Lipinski definition) is 4. The average molecular weight is 594 g/mol. The zero-order valence-corrected chi connectivity index (χ0v) is 23.3. The summed E-state index contributed by atoms with van der Waals surface area (Å²) in [6.07, 6.45) is 0. The number of thioether (sulfide) groups is 1. The molecule has 0 unspecified atom stereocenters. The minimum atomic E-state index is -1.42. The second-order valence-corrected chi connectivity index (χ2v) is 10.2. The molecule has 0 fully saturated rings. The van der Waals surface area contributed by atoms with Gasteiger partial charge in [0, 0.05) is 21.5 Å². The first-order chi connectivity index (χ1) is 19.7. The quantitative estimate of drug-likeness (QED) is 0.170. The van der Waals surface area contributed by atoms with E-state index in [1.54, 1.807) is 44.6 Å². The van der Waals surface area contributed by atoms with Crippen molar-refractivity contribution in [1.29, 1.82) is 0 Å². The van der Waals surface area contributed by atoms with Crippen LogP contribution in [0.3, 0.4) is 0 Å². The number of methoxy groups -OCH3 is 2. The van der Waals surface area contributed by atoms with E-state index in [1.165, 1.54) is 23.1 Å². The Morgan fingerprint density at radius 3 is 2.24 bits per heavy atom. The molecule has 0 bridgehead atoms. The predicted molar refractivity (Wildman–Crippen MR) is 155 cm³/mol. The number of amides is 2. The maximum absolute atomic E-state index is 12.7. The molecule has 0 aliphatic rings. The third-order valence-corrected chi connectivity index (χ3v) is 7.42. The molecule has 41 heavy (non-hydrogen) atoms. The van der Waals surface area contributed by atoms with Crippen molar-refractivity contribution in [3.63, 3.8) is 0 Å². The van der Waals surface area contributed by atoms with Crippen LogP contribution in [-0.2, 0) is 4.79 Å². The summed E-state index contributed by atoms with van der Waals surface area (Å²) in [4.78, 5) is 53.0. The Labute approximate surface area is 242 Å². The molecule has 0 radical (unpaired) electrons. The molecule has 11 nitrogen and oxygen atoms in total. The summed E-state index contributed by atoms with van der Waals surface area (Å²) in [5.41, 5.74) is 1.07. The third-order valence-electron chi connectivity index (χ3n) is 5.65. The number of rotatable bonds is 11. The molecule has 0 atom stereocenters. The standard InChI is InChI=1S/C28H23N3O8S2/c1-38-22-10-4-15(12-23(22)39-2)21-13-41-28(30-21)31-24(32)14-40-18-7-5-17(6-8-18)29-25(33)19-9-3-16(26(34)35)11-20(19)27(36)37/h3-13H,14H2,1-2H3,(H,29,33)(H,34,35)(H,36,37)(H,30,31,32). The number of nitrogens with one attached hydrogen (secondary N) is 2. The van der Waals surface area contributed by atoms with Crippen LogP contribution in [0.15, 0.2) is 70.9 Å². The van der Waals surface area contributed by atoms with E-state index < -0.39 is 23.4 Å². The number of carbonyl (C=O) groups is 4. The Kier molecular flexibility index (Phi) is 9.22. The van der Waals surface area contributed by atoms with Gasteiger partial charge in [0.15, 0.2) is 16.6 Å². The number of thiazole rings is 1. The summed E-state index contributed by atoms with van der Waals surface area (Å²) in [7, 11) is 3.11. The topological polar surface area (TPSA) is 164 Å². The van der Waals surface area contributed by atoms with Crippen LogP contribution in [0.4, 0.5) is 10.8 Å². The number of carboxylic acid groups (broad SMARTS) is 2. The number of nitrogens with zero attached hydrogens (tertiary/aromatic N) is 1. The number of aromatic nitrogens is 1. The highest BCUT2D eigenvalue weighted by Crippen LogP contribution is 2.33. The Bertz CT molecular complexity index is 1620. The first-order valence-corrected chi connectivity index (χ1v) is 13.7. The summed E-state index contributed by atoms with van der Waals surface area (Å²) < 4.78 is 10.6. The number of carbonyl (C=O) groups excluding carboxylic acids is 2. The minimum Gasteiger partial charge on any atom is -0.493 e. The largest absolute Gasteiger partial charge is 0.493 e. The lowest BCUT2D eigenvalue weighted by Crippen LogP contribution is -2.17. The van der Waals surface area contributed by atoms with E-state index in [9.17, 15) is 24.3 Å². The normalized spacial score (nSPS) is 10.5. The van der Waals surface area contributed by atoms with Gasteiger partial charge in [-0.3, -0.25) is 9.59 Å². The van der Waals surface area contributed by atoms with Gasteiger partial charge in [-0.15, -0.1) is 23.1 Å². The first-order valence-electron chi connectivity index (χ1n) is 11.8. The average Bonchev–Trinajstić information content (AvgIpc) is 3.44. The molecule has 210 valence electrons. The van der Waals surface area contributed by atoms with Crippen LogP contribution in [0.2, 0.25) is 0 Å². The highest BCUT2D eigenvalue weighted by Gasteiger charge is 2.19. The van der Waals surface area contributed by atoms with Gasteiger partial charge in [-0.25, -0.2) is 14.6 Å². The molecule has 4 N–H and O–H groups in total. The van der Waals surface area contributed by atoms with Crippen LogP contribution in [-0.4, -0.2) is 58.9 Å². The molecular formula is C28H23N3O8S2. The van der Waals surface area contributed by atoms with Gasteiger partial charge in [0.05, 0.1) is 42.4 Å². The number of aromatic carboxylic acids is 2. The van der Waals surface area contributed by atoms with Crippen LogP contribution in [0.5, 0.6) is 11.5 Å². The SMILES string of the molecule is COc1ccc(-c2csc(NC(=O)CSc3ccc(NC(=O)c4ccc(C(=O)O)cc4C(=O)O)cc3)n2)cc1OC. The molecular weight excluding hydrogens is 570 g/mol. The van der Waals surface area contributed by atoms with E-state index >= 15 is 0 Å². The van der Waals surface area contributed by atoms with Gasteiger partial charge in [0.1, 0.15) is 0 Å². The van der Waals surface area contributed by atoms with Crippen molar-refractivity contribution in [2.24, 2.45) is 0 Å². The molecule has 0 spiro atoms. The fourth-order valence-corrected chi connectivity index (χ4v) is 5.08. The van der Waals surface area contributed by atoms with Crippen molar-refractivity contribution in [2.75, 3.05) is 30.6 Å².